The number of nitrogens with one attached hydrogen (secondary N) is 1. The Hall–Kier alpha value is -4.41. The molecule has 0 amide bonds. The van der Waals surface area contributed by atoms with Gasteiger partial charge in [-0.3, -0.25) is 14.3 Å². The molecule has 0 bridgehead atoms. The molecule has 1 aromatic heterocycles. The van der Waals surface area contributed by atoms with Gasteiger partial charge in [0.1, 0.15) is 29.3 Å². The first kappa shape index (κ1) is 40.8. The number of aromatic amines is 1. The van der Waals surface area contributed by atoms with Crippen molar-refractivity contribution in [3.05, 3.63) is 129 Å². The molecule has 1 aliphatic heterocycles. The van der Waals surface area contributed by atoms with E-state index in [0.29, 0.717) is 11.5 Å². The molecule has 0 radical (unpaired) electrons. The van der Waals surface area contributed by atoms with Gasteiger partial charge in [0.2, 0.25) is 0 Å². The predicted molar refractivity (Wildman–Crippen MR) is 203 cm³/mol. The van der Waals surface area contributed by atoms with Crippen LogP contribution in [0.15, 0.2) is 101 Å². The third-order valence-corrected chi connectivity index (χ3v) is 11.4. The Labute approximate surface area is 316 Å². The van der Waals surface area contributed by atoms with Crippen molar-refractivity contribution in [2.24, 2.45) is 0 Å². The van der Waals surface area contributed by atoms with Gasteiger partial charge in [-0.05, 0) is 75.6 Å². The van der Waals surface area contributed by atoms with Gasteiger partial charge in [0.25, 0.3) is 14.1 Å². The van der Waals surface area contributed by atoms with E-state index in [4.69, 9.17) is 28.0 Å². The number of nitriles is 1. The molecule has 1 fully saturated rings. The summed E-state index contributed by atoms with van der Waals surface area (Å²) in [6.07, 6.45) is -2.68. The summed E-state index contributed by atoms with van der Waals surface area (Å²) < 4.78 is 58.0. The van der Waals surface area contributed by atoms with E-state index in [1.807, 2.05) is 111 Å². The Bertz CT molecular complexity index is 1910. The van der Waals surface area contributed by atoms with Crippen LogP contribution in [0.25, 0.3) is 0 Å². The van der Waals surface area contributed by atoms with Gasteiger partial charge in [0, 0.05) is 24.3 Å². The average Bonchev–Trinajstić information content (AvgIpc) is 3.40. The summed E-state index contributed by atoms with van der Waals surface area (Å²) in [5.74, 6) is 1.30. The van der Waals surface area contributed by atoms with Crippen LogP contribution in [0.1, 0.15) is 64.0 Å². The lowest BCUT2D eigenvalue weighted by Crippen LogP contribution is -2.46. The van der Waals surface area contributed by atoms with Crippen molar-refractivity contribution < 1.29 is 32.4 Å². The van der Waals surface area contributed by atoms with Crippen molar-refractivity contribution in [1.29, 1.82) is 5.26 Å². The van der Waals surface area contributed by atoms with Crippen LogP contribution in [-0.4, -0.2) is 71.6 Å². The van der Waals surface area contributed by atoms with Crippen LogP contribution >= 0.6 is 8.53 Å². The third-order valence-electron chi connectivity index (χ3n) is 9.29. The first-order valence-corrected chi connectivity index (χ1v) is 18.9. The van der Waals surface area contributed by atoms with Crippen LogP contribution in [0.4, 0.5) is 4.39 Å². The van der Waals surface area contributed by atoms with Crippen molar-refractivity contribution >= 4 is 8.53 Å². The van der Waals surface area contributed by atoms with Crippen LogP contribution in [0.3, 0.4) is 0 Å². The number of H-pyrrole nitrogens is 1. The first-order valence-electron chi connectivity index (χ1n) is 17.8. The Balaban J connectivity index is 1.65. The summed E-state index contributed by atoms with van der Waals surface area (Å²) in [7, 11) is 1.22. The van der Waals surface area contributed by atoms with Gasteiger partial charge in [-0.25, -0.2) is 13.9 Å². The Morgan fingerprint density at radius 3 is 1.98 bits per heavy atom. The van der Waals surface area contributed by atoms with Crippen LogP contribution in [0.2, 0.25) is 0 Å². The van der Waals surface area contributed by atoms with E-state index in [1.165, 1.54) is 13.1 Å². The van der Waals surface area contributed by atoms with Crippen molar-refractivity contribution in [1.82, 2.24) is 14.2 Å². The first-order chi connectivity index (χ1) is 25.9. The minimum Gasteiger partial charge on any atom is -0.497 e. The molecule has 14 heteroatoms. The normalized spacial score (nSPS) is 20.7. The van der Waals surface area contributed by atoms with Crippen molar-refractivity contribution in [2.45, 2.75) is 82.8 Å². The fourth-order valence-corrected chi connectivity index (χ4v) is 8.63. The minimum atomic E-state index is -2.36. The molecular formula is C40H48FN4O8P. The highest BCUT2D eigenvalue weighted by Crippen LogP contribution is 2.54. The number of rotatable bonds is 17. The van der Waals surface area contributed by atoms with E-state index in [1.54, 1.807) is 14.2 Å². The second-order valence-electron chi connectivity index (χ2n) is 13.6. The second kappa shape index (κ2) is 17.8. The zero-order chi connectivity index (χ0) is 39.0. The van der Waals surface area contributed by atoms with E-state index < -0.39 is 49.5 Å². The van der Waals surface area contributed by atoms with E-state index in [2.05, 4.69) is 11.1 Å². The molecule has 3 aromatic carbocycles. The van der Waals surface area contributed by atoms with Gasteiger partial charge < -0.3 is 28.0 Å². The lowest BCUT2D eigenvalue weighted by molar-refractivity contribution is -0.0959. The van der Waals surface area contributed by atoms with Gasteiger partial charge in [-0.2, -0.15) is 5.26 Å². The average molecular weight is 763 g/mol. The van der Waals surface area contributed by atoms with E-state index >= 15 is 4.39 Å². The maximum atomic E-state index is 17.6. The summed E-state index contributed by atoms with van der Waals surface area (Å²) in [5, 5.41) is 9.29. The molecule has 0 spiro atoms. The van der Waals surface area contributed by atoms with E-state index in [9.17, 15) is 14.9 Å². The fourth-order valence-electron chi connectivity index (χ4n) is 6.79. The molecule has 1 N–H and O–H groups in total. The number of ether oxygens (including phenoxy) is 4. The number of hydrogen-bond acceptors (Lipinski definition) is 10. The standard InChI is InChI=1S/C40H48FN4O8P/c1-27(2)45(28(3)4)54(51-25-11-23-42)53-36-34(52-37(39(36,5)41)44-24-22-35(46)43-38(44)47)26-50-40(29-12-9-8-10-13-29,30-14-18-32(48-6)19-15-30)31-16-20-33(49-7)21-17-31/h8-10,12-22,24,27-28,34,36-37H,11,25-26H2,1-7H3,(H,43,46,47)/t34-,36-,37-,39+,54?/m1/s1. The zero-order valence-electron chi connectivity index (χ0n) is 31.6. The summed E-state index contributed by atoms with van der Waals surface area (Å²) in [5.41, 5.74) is -2.83. The maximum absolute atomic E-state index is 17.6. The molecule has 5 rings (SSSR count). The summed E-state index contributed by atoms with van der Waals surface area (Å²) >= 11 is 0. The van der Waals surface area contributed by atoms with Crippen molar-refractivity contribution in [2.75, 3.05) is 27.4 Å². The molecule has 2 heterocycles. The number of aromatic nitrogens is 2. The van der Waals surface area contributed by atoms with Crippen LogP contribution in [0, 0.1) is 11.3 Å². The predicted octanol–water partition coefficient (Wildman–Crippen LogP) is 6.85. The minimum absolute atomic E-state index is 0.0603. The summed E-state index contributed by atoms with van der Waals surface area (Å²) in [6, 6.07) is 27.7. The molecule has 54 heavy (non-hydrogen) atoms. The Morgan fingerprint density at radius 2 is 1.48 bits per heavy atom. The van der Waals surface area contributed by atoms with Crippen molar-refractivity contribution in [3.8, 4) is 17.6 Å². The molecule has 1 saturated heterocycles. The van der Waals surface area contributed by atoms with Gasteiger partial charge in [-0.1, -0.05) is 54.6 Å². The number of benzene rings is 3. The molecule has 12 nitrogen and oxygen atoms in total. The lowest BCUT2D eigenvalue weighted by atomic mass is 9.80. The van der Waals surface area contributed by atoms with Gasteiger partial charge in [-0.15, -0.1) is 0 Å². The Morgan fingerprint density at radius 1 is 0.926 bits per heavy atom. The molecule has 288 valence electrons. The number of methoxy groups -OCH3 is 2. The van der Waals surface area contributed by atoms with Gasteiger partial charge in [0.05, 0.1) is 39.9 Å². The highest BCUT2D eigenvalue weighted by atomic mass is 31.2. The lowest BCUT2D eigenvalue weighted by Gasteiger charge is -2.40. The van der Waals surface area contributed by atoms with E-state index in [0.717, 1.165) is 27.3 Å². The van der Waals surface area contributed by atoms with E-state index in [-0.39, 0.29) is 31.7 Å². The topological polar surface area (TPSA) is 137 Å². The number of hydrogen-bond donors (Lipinski definition) is 1. The van der Waals surface area contributed by atoms with Crippen LogP contribution < -0.4 is 20.7 Å². The third kappa shape index (κ3) is 8.60. The zero-order valence-corrected chi connectivity index (χ0v) is 32.5. The quantitative estimate of drug-likeness (QED) is 0.0691. The number of halogens is 1. The largest absolute Gasteiger partial charge is 0.497 e. The smallest absolute Gasteiger partial charge is 0.330 e. The molecule has 5 atom stereocenters. The van der Waals surface area contributed by atoms with Gasteiger partial charge >= 0.3 is 5.69 Å². The highest BCUT2D eigenvalue weighted by Gasteiger charge is 2.59. The molecule has 0 saturated carbocycles. The number of alkyl halides is 1. The fraction of sp³-hybridized carbons (Fsp3) is 0.425. The summed E-state index contributed by atoms with van der Waals surface area (Å²) in [4.78, 5) is 27.3. The van der Waals surface area contributed by atoms with Gasteiger partial charge in [0.15, 0.2) is 11.9 Å². The number of nitrogens with zero attached hydrogens (tertiary/aromatic N) is 3. The van der Waals surface area contributed by atoms with Crippen LogP contribution in [0.5, 0.6) is 11.5 Å². The second-order valence-corrected chi connectivity index (χ2v) is 15.0. The molecule has 1 aliphatic rings. The molecule has 1 unspecified atom stereocenters. The highest BCUT2D eigenvalue weighted by molar-refractivity contribution is 7.44. The molecular weight excluding hydrogens is 714 g/mol. The molecule has 0 aliphatic carbocycles. The maximum Gasteiger partial charge on any atom is 0.330 e. The Kier molecular flexibility index (Phi) is 13.5. The van der Waals surface area contributed by atoms with Crippen LogP contribution in [-0.2, 0) is 24.1 Å². The van der Waals surface area contributed by atoms with Crippen molar-refractivity contribution in [3.63, 3.8) is 0 Å². The monoisotopic (exact) mass is 762 g/mol. The molecule has 4 aromatic rings. The SMILES string of the molecule is COc1ccc(C(OC[C@H]2O[C@@H](n3ccc(=O)[nH]c3=O)[C@@](C)(F)[C@@H]2OP(OCCC#N)N(C(C)C)C(C)C)(c2ccccc2)c2ccc(OC)cc2)cc1. The summed E-state index contributed by atoms with van der Waals surface area (Å²) in [6.45, 7) is 9.05.